The summed E-state index contributed by atoms with van der Waals surface area (Å²) in [4.78, 5) is 38.4. The van der Waals surface area contributed by atoms with Crippen LogP contribution in [0.3, 0.4) is 0 Å². The number of aromatic nitrogens is 2. The van der Waals surface area contributed by atoms with Crippen molar-refractivity contribution in [2.24, 2.45) is 0 Å². The van der Waals surface area contributed by atoms with Crippen LogP contribution in [0.15, 0.2) is 46.0 Å². The van der Waals surface area contributed by atoms with Crippen LogP contribution < -0.4 is 16.6 Å². The lowest BCUT2D eigenvalue weighted by molar-refractivity contribution is -0.122. The Labute approximate surface area is 186 Å². The molecule has 176 valence electrons. The monoisotopic (exact) mass is 465 g/mol. The second-order valence-corrected chi connectivity index (χ2v) is 7.25. The Hall–Kier alpha value is -3.44. The minimum absolute atomic E-state index is 0.0293. The molecule has 0 unspecified atom stereocenters. The van der Waals surface area contributed by atoms with Crippen molar-refractivity contribution in [1.29, 1.82) is 0 Å². The molecule has 11 heteroatoms. The normalized spacial score (nSPS) is 12.2. The van der Waals surface area contributed by atoms with E-state index in [0.717, 1.165) is 22.8 Å². The number of nitrogens with zero attached hydrogens (tertiary/aromatic N) is 2. The van der Waals surface area contributed by atoms with Gasteiger partial charge in [-0.05, 0) is 31.2 Å². The topological polar surface area (TPSA) is 91.6 Å². The van der Waals surface area contributed by atoms with E-state index in [1.54, 1.807) is 0 Å². The summed E-state index contributed by atoms with van der Waals surface area (Å²) in [5, 5.41) is 2.35. The zero-order valence-electron chi connectivity index (χ0n) is 17.9. The average Bonchev–Trinajstić information content (AvgIpc) is 2.76. The van der Waals surface area contributed by atoms with E-state index < -0.39 is 47.2 Å². The molecule has 1 aromatic heterocycles. The molecule has 2 aromatic carbocycles. The number of carbonyl (C=O) groups is 1. The van der Waals surface area contributed by atoms with Gasteiger partial charge in [0.15, 0.2) is 0 Å². The number of rotatable bonds is 9. The Morgan fingerprint density at radius 3 is 2.42 bits per heavy atom. The van der Waals surface area contributed by atoms with Crippen molar-refractivity contribution >= 4 is 16.8 Å². The lowest BCUT2D eigenvalue weighted by Gasteiger charge is -2.17. The molecule has 8 nitrogen and oxygen atoms in total. The van der Waals surface area contributed by atoms with Crippen molar-refractivity contribution in [2.45, 2.75) is 26.2 Å². The van der Waals surface area contributed by atoms with Gasteiger partial charge in [0.2, 0.25) is 5.91 Å². The predicted molar refractivity (Wildman–Crippen MR) is 113 cm³/mol. The summed E-state index contributed by atoms with van der Waals surface area (Å²) in [7, 11) is 1.48. The van der Waals surface area contributed by atoms with Gasteiger partial charge in [0.05, 0.1) is 30.2 Å². The van der Waals surface area contributed by atoms with Crippen molar-refractivity contribution in [3.8, 4) is 0 Å². The molecule has 33 heavy (non-hydrogen) atoms. The molecule has 1 atom stereocenters. The first kappa shape index (κ1) is 24.2. The Kier molecular flexibility index (Phi) is 7.67. The smallest absolute Gasteiger partial charge is 0.333 e. The van der Waals surface area contributed by atoms with Gasteiger partial charge in [-0.15, -0.1) is 0 Å². The first-order valence-electron chi connectivity index (χ1n) is 9.96. The quantitative estimate of drug-likeness (QED) is 0.489. The second-order valence-electron chi connectivity index (χ2n) is 7.25. The maximum Gasteiger partial charge on any atom is 0.333 e. The van der Waals surface area contributed by atoms with Gasteiger partial charge in [-0.2, -0.15) is 0 Å². The molecule has 1 heterocycles. The minimum atomic E-state index is -0.869. The average molecular weight is 465 g/mol. The summed E-state index contributed by atoms with van der Waals surface area (Å²) in [6, 6.07) is 5.39. The molecule has 0 aliphatic heterocycles. The standard InChI is InChI=1S/C22H22F3N3O5/c1-13(16-5-3-15(24)10-18(16)25)26-20(29)11-27-21(30)17-9-14(23)4-6-19(17)28(22(27)31)12-33-8-7-32-2/h3-6,9-10,13H,7-8,11-12H2,1-2H3,(H,26,29)/t13-/m0/s1. The van der Waals surface area contributed by atoms with E-state index in [1.165, 1.54) is 26.2 Å². The van der Waals surface area contributed by atoms with E-state index in [9.17, 15) is 27.6 Å². The van der Waals surface area contributed by atoms with E-state index in [0.29, 0.717) is 10.6 Å². The number of nitrogens with one attached hydrogen (secondary N) is 1. The molecular weight excluding hydrogens is 443 g/mol. The van der Waals surface area contributed by atoms with Crippen LogP contribution in [-0.4, -0.2) is 35.4 Å². The minimum Gasteiger partial charge on any atom is -0.382 e. The van der Waals surface area contributed by atoms with Gasteiger partial charge in [-0.3, -0.25) is 18.7 Å². The van der Waals surface area contributed by atoms with E-state index in [-0.39, 0.29) is 36.4 Å². The highest BCUT2D eigenvalue weighted by Gasteiger charge is 2.19. The largest absolute Gasteiger partial charge is 0.382 e. The third kappa shape index (κ3) is 5.49. The SMILES string of the molecule is COCCOCn1c(=O)n(CC(=O)N[C@@H](C)c2ccc(F)cc2F)c(=O)c2cc(F)ccc21. The van der Waals surface area contributed by atoms with Gasteiger partial charge in [-0.1, -0.05) is 6.07 Å². The molecule has 0 bridgehead atoms. The number of halogens is 3. The molecule has 0 radical (unpaired) electrons. The van der Waals surface area contributed by atoms with Gasteiger partial charge >= 0.3 is 5.69 Å². The van der Waals surface area contributed by atoms with E-state index in [2.05, 4.69) is 5.32 Å². The maximum atomic E-state index is 14.0. The zero-order valence-corrected chi connectivity index (χ0v) is 17.9. The van der Waals surface area contributed by atoms with Crippen molar-refractivity contribution < 1.29 is 27.4 Å². The molecule has 1 amide bonds. The first-order valence-corrected chi connectivity index (χ1v) is 9.96. The fourth-order valence-electron chi connectivity index (χ4n) is 3.32. The number of methoxy groups -OCH3 is 1. The molecule has 0 saturated heterocycles. The molecule has 3 aromatic rings. The molecule has 0 aliphatic carbocycles. The molecule has 0 aliphatic rings. The summed E-state index contributed by atoms with van der Waals surface area (Å²) in [6.45, 7) is 0.931. The fraction of sp³-hybridized carbons (Fsp3) is 0.318. The van der Waals surface area contributed by atoms with E-state index >= 15 is 0 Å². The summed E-state index contributed by atoms with van der Waals surface area (Å²) >= 11 is 0. The lowest BCUT2D eigenvalue weighted by atomic mass is 10.1. The number of hydrogen-bond donors (Lipinski definition) is 1. The van der Waals surface area contributed by atoms with Crippen LogP contribution in [0.5, 0.6) is 0 Å². The van der Waals surface area contributed by atoms with Crippen LogP contribution in [0.2, 0.25) is 0 Å². The highest BCUT2D eigenvalue weighted by Crippen LogP contribution is 2.17. The summed E-state index contributed by atoms with van der Waals surface area (Å²) in [5.74, 6) is -3.08. The van der Waals surface area contributed by atoms with E-state index in [1.807, 2.05) is 0 Å². The summed E-state index contributed by atoms with van der Waals surface area (Å²) < 4.78 is 52.9. The number of carbonyl (C=O) groups excluding carboxylic acids is 1. The fourth-order valence-corrected chi connectivity index (χ4v) is 3.32. The number of hydrogen-bond acceptors (Lipinski definition) is 5. The number of ether oxygens (including phenoxy) is 2. The van der Waals surface area contributed by atoms with Crippen molar-refractivity contribution in [1.82, 2.24) is 14.5 Å². The second kappa shape index (κ2) is 10.5. The van der Waals surface area contributed by atoms with Crippen LogP contribution in [0.1, 0.15) is 18.5 Å². The number of benzene rings is 2. The van der Waals surface area contributed by atoms with Gasteiger partial charge < -0.3 is 14.8 Å². The van der Waals surface area contributed by atoms with Crippen molar-refractivity contribution in [2.75, 3.05) is 20.3 Å². The summed E-state index contributed by atoms with van der Waals surface area (Å²) in [5.41, 5.74) is -1.53. The maximum absolute atomic E-state index is 14.0. The Morgan fingerprint density at radius 2 is 1.73 bits per heavy atom. The Balaban J connectivity index is 1.92. The number of amides is 1. The van der Waals surface area contributed by atoms with Gasteiger partial charge in [-0.25, -0.2) is 18.0 Å². The Bertz CT molecular complexity index is 1290. The van der Waals surface area contributed by atoms with Gasteiger partial charge in [0.1, 0.15) is 30.7 Å². The van der Waals surface area contributed by atoms with Crippen LogP contribution >= 0.6 is 0 Å². The van der Waals surface area contributed by atoms with Gasteiger partial charge in [0.25, 0.3) is 5.56 Å². The van der Waals surface area contributed by atoms with Crippen LogP contribution in [-0.2, 0) is 27.5 Å². The molecule has 1 N–H and O–H groups in total. The third-order valence-electron chi connectivity index (χ3n) is 4.95. The zero-order chi connectivity index (χ0) is 24.1. The molecule has 3 rings (SSSR count). The van der Waals surface area contributed by atoms with E-state index in [4.69, 9.17) is 9.47 Å². The lowest BCUT2D eigenvalue weighted by Crippen LogP contribution is -2.44. The molecule has 0 fully saturated rings. The third-order valence-corrected chi connectivity index (χ3v) is 4.95. The van der Waals surface area contributed by atoms with Crippen LogP contribution in [0.25, 0.3) is 10.9 Å². The van der Waals surface area contributed by atoms with Crippen molar-refractivity contribution in [3.63, 3.8) is 0 Å². The Morgan fingerprint density at radius 1 is 1.03 bits per heavy atom. The highest BCUT2D eigenvalue weighted by atomic mass is 19.1. The molecule has 0 spiro atoms. The van der Waals surface area contributed by atoms with Crippen LogP contribution in [0.4, 0.5) is 13.2 Å². The van der Waals surface area contributed by atoms with Crippen LogP contribution in [0, 0.1) is 17.5 Å². The highest BCUT2D eigenvalue weighted by molar-refractivity contribution is 5.79. The predicted octanol–water partition coefficient (Wildman–Crippen LogP) is 2.08. The summed E-state index contributed by atoms with van der Waals surface area (Å²) in [6.07, 6.45) is 0. The van der Waals surface area contributed by atoms with Gasteiger partial charge in [0, 0.05) is 18.7 Å². The molecular formula is C22H22F3N3O5. The van der Waals surface area contributed by atoms with Crippen molar-refractivity contribution in [3.05, 3.63) is 80.3 Å². The molecule has 0 saturated carbocycles. The first-order chi connectivity index (χ1) is 15.7. The number of fused-ring (bicyclic) bond motifs is 1.